The minimum Gasteiger partial charge on any atom is -0.377 e. The van der Waals surface area contributed by atoms with E-state index in [9.17, 15) is 0 Å². The standard InChI is InChI=1S/C14H26O.C4H10/c1-5-8-9-14(7-3)12-15-11-10-13(4)6-2;1-3-4-2/h7-9,13H,5-6,10-12H2,1-4H3;3-4H2,1-2H3/b9-8-,14-7+;. The summed E-state index contributed by atoms with van der Waals surface area (Å²) in [5.74, 6) is 0.783. The molecule has 0 aliphatic rings. The van der Waals surface area contributed by atoms with Crippen molar-refractivity contribution in [1.29, 1.82) is 0 Å². The zero-order chi connectivity index (χ0) is 14.9. The first kappa shape index (κ1) is 20.8. The first-order chi connectivity index (χ1) is 9.15. The van der Waals surface area contributed by atoms with Crippen LogP contribution in [0.4, 0.5) is 0 Å². The fraction of sp³-hybridized carbons (Fsp3) is 0.778. The summed E-state index contributed by atoms with van der Waals surface area (Å²) in [6.45, 7) is 14.7. The predicted molar refractivity (Wildman–Crippen MR) is 88.7 cm³/mol. The average molecular weight is 268 g/mol. The van der Waals surface area contributed by atoms with Gasteiger partial charge in [-0.05, 0) is 31.3 Å². The van der Waals surface area contributed by atoms with Crippen molar-refractivity contribution in [1.82, 2.24) is 0 Å². The van der Waals surface area contributed by atoms with Gasteiger partial charge in [-0.3, -0.25) is 0 Å². The van der Waals surface area contributed by atoms with Gasteiger partial charge in [0.15, 0.2) is 0 Å². The van der Waals surface area contributed by atoms with Crippen molar-refractivity contribution in [2.24, 2.45) is 5.92 Å². The maximum absolute atomic E-state index is 5.64. The lowest BCUT2D eigenvalue weighted by atomic mass is 10.1. The van der Waals surface area contributed by atoms with Gasteiger partial charge in [0.2, 0.25) is 0 Å². The van der Waals surface area contributed by atoms with Crippen LogP contribution in [0.5, 0.6) is 0 Å². The number of hydrogen-bond acceptors (Lipinski definition) is 1. The second-order valence-corrected chi connectivity index (χ2v) is 5.03. The normalized spacial score (nSPS) is 13.3. The quantitative estimate of drug-likeness (QED) is 0.359. The SMILES string of the molecule is C/C=C(\C=C/CC)COCCC(C)CC.CCCC. The van der Waals surface area contributed by atoms with Crippen molar-refractivity contribution in [3.05, 3.63) is 23.8 Å². The van der Waals surface area contributed by atoms with Crippen molar-refractivity contribution < 1.29 is 4.74 Å². The zero-order valence-electron chi connectivity index (χ0n) is 14.2. The average Bonchev–Trinajstić information content (AvgIpc) is 2.46. The Morgan fingerprint density at radius 2 is 1.74 bits per heavy atom. The van der Waals surface area contributed by atoms with E-state index in [-0.39, 0.29) is 0 Å². The summed E-state index contributed by atoms with van der Waals surface area (Å²) in [6, 6.07) is 0. The van der Waals surface area contributed by atoms with Crippen LogP contribution in [0.2, 0.25) is 0 Å². The Balaban J connectivity index is 0. The Kier molecular flexibility index (Phi) is 19.0. The van der Waals surface area contributed by atoms with Crippen molar-refractivity contribution in [3.63, 3.8) is 0 Å². The number of rotatable bonds is 9. The van der Waals surface area contributed by atoms with Crippen LogP contribution in [-0.4, -0.2) is 13.2 Å². The molecule has 0 radical (unpaired) electrons. The fourth-order valence-electron chi connectivity index (χ4n) is 1.18. The van der Waals surface area contributed by atoms with E-state index in [1.165, 1.54) is 31.3 Å². The van der Waals surface area contributed by atoms with Gasteiger partial charge >= 0.3 is 0 Å². The number of ether oxygens (including phenoxy) is 1. The lowest BCUT2D eigenvalue weighted by Gasteiger charge is -2.09. The highest BCUT2D eigenvalue weighted by atomic mass is 16.5. The molecule has 0 aromatic heterocycles. The number of allylic oxidation sites excluding steroid dienone is 2. The van der Waals surface area contributed by atoms with Crippen molar-refractivity contribution in [2.45, 2.75) is 73.6 Å². The molecule has 114 valence electrons. The summed E-state index contributed by atoms with van der Waals surface area (Å²) in [6.07, 6.45) is 12.6. The molecule has 0 saturated heterocycles. The van der Waals surface area contributed by atoms with Crippen LogP contribution in [0.15, 0.2) is 23.8 Å². The summed E-state index contributed by atoms with van der Waals surface area (Å²) in [7, 11) is 0. The molecule has 1 nitrogen and oxygen atoms in total. The van der Waals surface area contributed by atoms with Gasteiger partial charge in [0.25, 0.3) is 0 Å². The molecule has 0 N–H and O–H groups in total. The highest BCUT2D eigenvalue weighted by Gasteiger charge is 1.98. The van der Waals surface area contributed by atoms with E-state index >= 15 is 0 Å². The number of unbranched alkanes of at least 4 members (excludes halogenated alkanes) is 1. The van der Waals surface area contributed by atoms with Gasteiger partial charge in [0.05, 0.1) is 6.61 Å². The van der Waals surface area contributed by atoms with E-state index in [4.69, 9.17) is 4.74 Å². The maximum Gasteiger partial charge on any atom is 0.0713 e. The molecular formula is C18H36O. The van der Waals surface area contributed by atoms with Crippen molar-refractivity contribution >= 4 is 0 Å². The van der Waals surface area contributed by atoms with E-state index in [0.717, 1.165) is 25.6 Å². The van der Waals surface area contributed by atoms with Gasteiger partial charge in [0, 0.05) is 6.61 Å². The van der Waals surface area contributed by atoms with Gasteiger partial charge in [-0.15, -0.1) is 0 Å². The van der Waals surface area contributed by atoms with Gasteiger partial charge in [-0.25, -0.2) is 0 Å². The molecular weight excluding hydrogens is 232 g/mol. The second kappa shape index (κ2) is 17.4. The van der Waals surface area contributed by atoms with Crippen LogP contribution in [0.3, 0.4) is 0 Å². The van der Waals surface area contributed by atoms with Gasteiger partial charge < -0.3 is 4.74 Å². The number of hydrogen-bond donors (Lipinski definition) is 0. The molecule has 19 heavy (non-hydrogen) atoms. The highest BCUT2D eigenvalue weighted by molar-refractivity contribution is 5.17. The summed E-state index contributed by atoms with van der Waals surface area (Å²) in [4.78, 5) is 0. The molecule has 1 heteroatoms. The van der Waals surface area contributed by atoms with E-state index in [2.05, 4.69) is 59.8 Å². The van der Waals surface area contributed by atoms with Gasteiger partial charge in [-0.1, -0.05) is 72.1 Å². The zero-order valence-corrected chi connectivity index (χ0v) is 14.2. The van der Waals surface area contributed by atoms with Crippen LogP contribution in [0.1, 0.15) is 73.6 Å². The molecule has 0 rings (SSSR count). The monoisotopic (exact) mass is 268 g/mol. The molecule has 0 bridgehead atoms. The van der Waals surface area contributed by atoms with E-state index in [1.807, 2.05) is 0 Å². The molecule has 1 atom stereocenters. The fourth-order valence-corrected chi connectivity index (χ4v) is 1.18. The maximum atomic E-state index is 5.64. The Bertz CT molecular complexity index is 214. The molecule has 0 aromatic carbocycles. The smallest absolute Gasteiger partial charge is 0.0713 e. The highest BCUT2D eigenvalue weighted by Crippen LogP contribution is 2.07. The largest absolute Gasteiger partial charge is 0.377 e. The third-order valence-corrected chi connectivity index (χ3v) is 3.16. The van der Waals surface area contributed by atoms with Crippen molar-refractivity contribution in [2.75, 3.05) is 13.2 Å². The molecule has 0 saturated carbocycles. The van der Waals surface area contributed by atoms with E-state index in [0.29, 0.717) is 0 Å². The lowest BCUT2D eigenvalue weighted by molar-refractivity contribution is 0.143. The van der Waals surface area contributed by atoms with Crippen LogP contribution < -0.4 is 0 Å². The molecule has 0 amide bonds. The van der Waals surface area contributed by atoms with Crippen LogP contribution in [-0.2, 0) is 4.74 Å². The van der Waals surface area contributed by atoms with Gasteiger partial charge in [-0.2, -0.15) is 0 Å². The third kappa shape index (κ3) is 17.4. The first-order valence-corrected chi connectivity index (χ1v) is 8.05. The third-order valence-electron chi connectivity index (χ3n) is 3.16. The van der Waals surface area contributed by atoms with Crippen LogP contribution in [0, 0.1) is 5.92 Å². The summed E-state index contributed by atoms with van der Waals surface area (Å²) < 4.78 is 5.64. The van der Waals surface area contributed by atoms with E-state index in [1.54, 1.807) is 0 Å². The minimum atomic E-state index is 0.753. The Morgan fingerprint density at radius 3 is 2.16 bits per heavy atom. The molecule has 0 aliphatic heterocycles. The Hall–Kier alpha value is -0.560. The molecule has 0 aromatic rings. The predicted octanol–water partition coefficient (Wildman–Crippen LogP) is 6.16. The molecule has 0 aliphatic carbocycles. The minimum absolute atomic E-state index is 0.753. The van der Waals surface area contributed by atoms with Crippen LogP contribution in [0.25, 0.3) is 0 Å². The molecule has 0 heterocycles. The summed E-state index contributed by atoms with van der Waals surface area (Å²) in [5.41, 5.74) is 1.28. The summed E-state index contributed by atoms with van der Waals surface area (Å²) >= 11 is 0. The Morgan fingerprint density at radius 1 is 1.11 bits per heavy atom. The van der Waals surface area contributed by atoms with E-state index < -0.39 is 0 Å². The van der Waals surface area contributed by atoms with Crippen molar-refractivity contribution in [3.8, 4) is 0 Å². The molecule has 1 unspecified atom stereocenters. The second-order valence-electron chi connectivity index (χ2n) is 5.03. The summed E-state index contributed by atoms with van der Waals surface area (Å²) in [5, 5.41) is 0. The Labute approximate surface area is 122 Å². The topological polar surface area (TPSA) is 9.23 Å². The van der Waals surface area contributed by atoms with Crippen LogP contribution >= 0.6 is 0 Å². The van der Waals surface area contributed by atoms with Gasteiger partial charge in [0.1, 0.15) is 0 Å². The lowest BCUT2D eigenvalue weighted by Crippen LogP contribution is -2.03. The molecule has 0 fully saturated rings. The molecule has 0 spiro atoms. The first-order valence-electron chi connectivity index (χ1n) is 8.05.